The number of carbonyl (C=O) groups excluding carboxylic acids is 2. The Labute approximate surface area is 141 Å². The van der Waals surface area contributed by atoms with Gasteiger partial charge in [-0.05, 0) is 30.0 Å². The summed E-state index contributed by atoms with van der Waals surface area (Å²) in [4.78, 5) is 26.7. The van der Waals surface area contributed by atoms with Gasteiger partial charge in [-0.15, -0.1) is 0 Å². The molecule has 1 aliphatic heterocycles. The number of nitrogens with one attached hydrogen (secondary N) is 1. The normalized spacial score (nSPS) is 17.7. The molecule has 2 amide bonds. The van der Waals surface area contributed by atoms with Gasteiger partial charge in [0, 0.05) is 13.6 Å². The number of nitrogens with two attached hydrogens (primary N) is 1. The Hall–Kier alpha value is -2.66. The molecule has 1 atom stereocenters. The first-order valence-electron chi connectivity index (χ1n) is 8.11. The number of hydrogen-bond acceptors (Lipinski definition) is 3. The van der Waals surface area contributed by atoms with E-state index in [1.54, 1.807) is 11.9 Å². The molecule has 5 heteroatoms. The van der Waals surface area contributed by atoms with Crippen molar-refractivity contribution < 1.29 is 9.59 Å². The third-order valence-corrected chi connectivity index (χ3v) is 4.35. The van der Waals surface area contributed by atoms with Crippen molar-refractivity contribution in [2.75, 3.05) is 18.5 Å². The third-order valence-electron chi connectivity index (χ3n) is 4.35. The Morgan fingerprint density at radius 2 is 1.92 bits per heavy atom. The average molecular weight is 323 g/mol. The fourth-order valence-electron chi connectivity index (χ4n) is 3.13. The van der Waals surface area contributed by atoms with Crippen molar-refractivity contribution >= 4 is 17.5 Å². The van der Waals surface area contributed by atoms with Crippen molar-refractivity contribution in [1.82, 2.24) is 5.32 Å². The SMILES string of the molecule is CNC(=O)c1c(-c2ccccc2)cccc1N1CCCC(N)C1=O. The van der Waals surface area contributed by atoms with Gasteiger partial charge in [0.1, 0.15) is 0 Å². The second kappa shape index (κ2) is 6.84. The maximum atomic E-state index is 12.6. The Bertz CT molecular complexity index is 758. The topological polar surface area (TPSA) is 75.4 Å². The van der Waals surface area contributed by atoms with Gasteiger partial charge in [-0.3, -0.25) is 9.59 Å². The monoisotopic (exact) mass is 323 g/mol. The Kier molecular flexibility index (Phi) is 4.62. The molecule has 0 saturated carbocycles. The highest BCUT2D eigenvalue weighted by molar-refractivity contribution is 6.10. The molecule has 1 saturated heterocycles. The summed E-state index contributed by atoms with van der Waals surface area (Å²) >= 11 is 0. The fraction of sp³-hybridized carbons (Fsp3) is 0.263. The van der Waals surface area contributed by atoms with Crippen LogP contribution in [0.15, 0.2) is 48.5 Å². The van der Waals surface area contributed by atoms with Crippen molar-refractivity contribution in [3.8, 4) is 11.1 Å². The molecule has 0 aliphatic carbocycles. The zero-order chi connectivity index (χ0) is 17.1. The molecule has 1 fully saturated rings. The summed E-state index contributed by atoms with van der Waals surface area (Å²) in [5.74, 6) is -0.340. The molecular formula is C19H21N3O2. The lowest BCUT2D eigenvalue weighted by Crippen LogP contribution is -2.49. The first-order valence-corrected chi connectivity index (χ1v) is 8.11. The fourth-order valence-corrected chi connectivity index (χ4v) is 3.13. The van der Waals surface area contributed by atoms with E-state index in [0.717, 1.165) is 17.5 Å². The Morgan fingerprint density at radius 1 is 1.17 bits per heavy atom. The van der Waals surface area contributed by atoms with Crippen molar-refractivity contribution in [2.24, 2.45) is 5.73 Å². The van der Waals surface area contributed by atoms with Crippen LogP contribution in [0.4, 0.5) is 5.69 Å². The van der Waals surface area contributed by atoms with Crippen LogP contribution < -0.4 is 16.0 Å². The minimum Gasteiger partial charge on any atom is -0.355 e. The molecule has 2 aromatic carbocycles. The molecule has 1 heterocycles. The number of rotatable bonds is 3. The van der Waals surface area contributed by atoms with Gasteiger partial charge in [-0.25, -0.2) is 0 Å². The molecular weight excluding hydrogens is 302 g/mol. The molecule has 0 spiro atoms. The first-order chi connectivity index (χ1) is 11.6. The summed E-state index contributed by atoms with van der Waals surface area (Å²) in [6, 6.07) is 14.8. The zero-order valence-electron chi connectivity index (χ0n) is 13.7. The van der Waals surface area contributed by atoms with Crippen LogP contribution >= 0.6 is 0 Å². The van der Waals surface area contributed by atoms with Crippen LogP contribution in [-0.2, 0) is 4.79 Å². The molecule has 3 N–H and O–H groups in total. The highest BCUT2D eigenvalue weighted by Gasteiger charge is 2.30. The second-order valence-corrected chi connectivity index (χ2v) is 5.88. The van der Waals surface area contributed by atoms with E-state index in [9.17, 15) is 9.59 Å². The van der Waals surface area contributed by atoms with Crippen LogP contribution in [0.5, 0.6) is 0 Å². The maximum absolute atomic E-state index is 12.6. The Morgan fingerprint density at radius 3 is 2.62 bits per heavy atom. The van der Waals surface area contributed by atoms with Gasteiger partial charge in [-0.2, -0.15) is 0 Å². The lowest BCUT2D eigenvalue weighted by Gasteiger charge is -2.32. The van der Waals surface area contributed by atoms with Crippen LogP contribution in [0.1, 0.15) is 23.2 Å². The van der Waals surface area contributed by atoms with E-state index in [-0.39, 0.29) is 11.8 Å². The van der Waals surface area contributed by atoms with E-state index < -0.39 is 6.04 Å². The summed E-state index contributed by atoms with van der Waals surface area (Å²) in [5, 5.41) is 2.69. The van der Waals surface area contributed by atoms with Gasteiger partial charge in [0.2, 0.25) is 5.91 Å². The van der Waals surface area contributed by atoms with Crippen LogP contribution in [0.25, 0.3) is 11.1 Å². The number of hydrogen-bond donors (Lipinski definition) is 2. The van der Waals surface area contributed by atoms with Crippen molar-refractivity contribution in [1.29, 1.82) is 0 Å². The van der Waals surface area contributed by atoms with E-state index in [0.29, 0.717) is 24.2 Å². The largest absolute Gasteiger partial charge is 0.355 e. The first kappa shape index (κ1) is 16.2. The number of piperidine rings is 1. The highest BCUT2D eigenvalue weighted by atomic mass is 16.2. The number of anilines is 1. The molecule has 2 aromatic rings. The van der Waals surface area contributed by atoms with E-state index in [4.69, 9.17) is 5.73 Å². The van der Waals surface area contributed by atoms with Gasteiger partial charge in [0.15, 0.2) is 0 Å². The summed E-state index contributed by atoms with van der Waals surface area (Å²) < 4.78 is 0. The molecule has 3 rings (SSSR count). The average Bonchev–Trinajstić information content (AvgIpc) is 2.63. The maximum Gasteiger partial charge on any atom is 0.253 e. The summed E-state index contributed by atoms with van der Waals surface area (Å²) in [5.41, 5.74) is 8.79. The molecule has 1 aliphatic rings. The number of carbonyl (C=O) groups is 2. The van der Waals surface area contributed by atoms with E-state index in [2.05, 4.69) is 5.32 Å². The second-order valence-electron chi connectivity index (χ2n) is 5.88. The molecule has 124 valence electrons. The van der Waals surface area contributed by atoms with Gasteiger partial charge >= 0.3 is 0 Å². The van der Waals surface area contributed by atoms with Crippen LogP contribution in [0.2, 0.25) is 0 Å². The quantitative estimate of drug-likeness (QED) is 0.909. The van der Waals surface area contributed by atoms with E-state index in [1.165, 1.54) is 0 Å². The van der Waals surface area contributed by atoms with Crippen LogP contribution in [0, 0.1) is 0 Å². The molecule has 0 bridgehead atoms. The van der Waals surface area contributed by atoms with Gasteiger partial charge in [-0.1, -0.05) is 42.5 Å². The summed E-state index contributed by atoms with van der Waals surface area (Å²) in [7, 11) is 1.59. The predicted octanol–water partition coefficient (Wildman–Crippen LogP) is 2.17. The number of nitrogens with zero attached hydrogens (tertiary/aromatic N) is 1. The van der Waals surface area contributed by atoms with Gasteiger partial charge < -0.3 is 16.0 Å². The van der Waals surface area contributed by atoms with Crippen molar-refractivity contribution in [3.05, 3.63) is 54.1 Å². The standard InChI is InChI=1S/C19H21N3O2/c1-21-18(23)17-14(13-7-3-2-4-8-13)9-5-11-16(17)22-12-6-10-15(20)19(22)24/h2-5,7-9,11,15H,6,10,12,20H2,1H3,(H,21,23). The minimum absolute atomic E-state index is 0.128. The van der Waals surface area contributed by atoms with Crippen molar-refractivity contribution in [2.45, 2.75) is 18.9 Å². The minimum atomic E-state index is -0.503. The third kappa shape index (κ3) is 2.90. The molecule has 24 heavy (non-hydrogen) atoms. The van der Waals surface area contributed by atoms with Crippen LogP contribution in [-0.4, -0.2) is 31.4 Å². The molecule has 0 radical (unpaired) electrons. The lowest BCUT2D eigenvalue weighted by atomic mass is 9.95. The number of amides is 2. The summed E-state index contributed by atoms with van der Waals surface area (Å²) in [6.07, 6.45) is 1.51. The van der Waals surface area contributed by atoms with E-state index >= 15 is 0 Å². The highest BCUT2D eigenvalue weighted by Crippen LogP contribution is 2.33. The van der Waals surface area contributed by atoms with Gasteiger partial charge in [0.25, 0.3) is 5.91 Å². The predicted molar refractivity (Wildman–Crippen MR) is 94.8 cm³/mol. The smallest absolute Gasteiger partial charge is 0.253 e. The van der Waals surface area contributed by atoms with Crippen molar-refractivity contribution in [3.63, 3.8) is 0 Å². The zero-order valence-corrected chi connectivity index (χ0v) is 13.7. The molecule has 0 aromatic heterocycles. The van der Waals surface area contributed by atoms with E-state index in [1.807, 2.05) is 48.5 Å². The van der Waals surface area contributed by atoms with Crippen LogP contribution in [0.3, 0.4) is 0 Å². The lowest BCUT2D eigenvalue weighted by molar-refractivity contribution is -0.120. The number of benzene rings is 2. The summed E-state index contributed by atoms with van der Waals surface area (Å²) in [6.45, 7) is 0.578. The Balaban J connectivity index is 2.16. The molecule has 5 nitrogen and oxygen atoms in total. The van der Waals surface area contributed by atoms with Gasteiger partial charge in [0.05, 0.1) is 17.3 Å². The molecule has 1 unspecified atom stereocenters.